The Bertz CT molecular complexity index is 2250. The number of nitrogens with one attached hydrogen (secondary N) is 2. The average Bonchev–Trinajstić information content (AvgIpc) is 3.57. The van der Waals surface area contributed by atoms with Crippen molar-refractivity contribution >= 4 is 48.0 Å². The van der Waals surface area contributed by atoms with E-state index in [2.05, 4.69) is 20.1 Å². The molecule has 3 aliphatic heterocycles. The molecular formula is C35H36F3N7O4S3. The first-order valence-corrected chi connectivity index (χ1v) is 21.6. The number of sulfonamides is 1. The van der Waals surface area contributed by atoms with Gasteiger partial charge in [-0.1, -0.05) is 29.9 Å². The smallest absolute Gasteiger partial charge is 0.267 e. The molecule has 5 heterocycles. The van der Waals surface area contributed by atoms with Crippen LogP contribution in [0.25, 0.3) is 21.8 Å². The van der Waals surface area contributed by atoms with E-state index in [0.717, 1.165) is 44.1 Å². The summed E-state index contributed by atoms with van der Waals surface area (Å²) < 4.78 is 97.4. The lowest BCUT2D eigenvalue weighted by Gasteiger charge is -2.53. The molecule has 1 spiro atoms. The second kappa shape index (κ2) is 12.4. The van der Waals surface area contributed by atoms with Gasteiger partial charge < -0.3 is 10.2 Å². The van der Waals surface area contributed by atoms with Crippen molar-refractivity contribution in [3.63, 3.8) is 0 Å². The highest BCUT2D eigenvalue weighted by Crippen LogP contribution is 2.51. The maximum Gasteiger partial charge on any atom is 0.267 e. The van der Waals surface area contributed by atoms with Crippen molar-refractivity contribution in [3.05, 3.63) is 66.1 Å². The largest absolute Gasteiger partial charge is 0.351 e. The summed E-state index contributed by atoms with van der Waals surface area (Å²) in [7, 11) is -7.79. The zero-order valence-electron chi connectivity index (χ0n) is 27.9. The molecule has 3 saturated heterocycles. The number of halogens is 3. The first-order valence-electron chi connectivity index (χ1n) is 17.5. The summed E-state index contributed by atoms with van der Waals surface area (Å²) in [5.74, 6) is -2.79. The van der Waals surface area contributed by atoms with Crippen molar-refractivity contribution in [2.24, 2.45) is 5.41 Å². The van der Waals surface area contributed by atoms with Gasteiger partial charge in [0.2, 0.25) is 5.95 Å². The van der Waals surface area contributed by atoms with Crippen molar-refractivity contribution in [3.8, 4) is 21.8 Å². The van der Waals surface area contributed by atoms with Gasteiger partial charge in [0.1, 0.15) is 11.6 Å². The van der Waals surface area contributed by atoms with Crippen molar-refractivity contribution in [2.45, 2.75) is 74.0 Å². The third-order valence-electron chi connectivity index (χ3n) is 11.3. The number of piperazine rings is 1. The van der Waals surface area contributed by atoms with Crippen LogP contribution in [0, 0.1) is 22.9 Å². The van der Waals surface area contributed by atoms with Gasteiger partial charge in [0.15, 0.2) is 25.7 Å². The van der Waals surface area contributed by atoms with Gasteiger partial charge in [0, 0.05) is 54.4 Å². The Kier molecular flexibility index (Phi) is 8.10. The zero-order chi connectivity index (χ0) is 36.0. The van der Waals surface area contributed by atoms with Gasteiger partial charge in [-0.3, -0.25) is 9.62 Å². The van der Waals surface area contributed by atoms with E-state index in [-0.39, 0.29) is 46.3 Å². The number of hydrogen-bond donors (Lipinski definition) is 2. The molecule has 52 heavy (non-hydrogen) atoms. The van der Waals surface area contributed by atoms with Gasteiger partial charge in [-0.15, -0.1) is 0 Å². The molecule has 2 saturated carbocycles. The highest BCUT2D eigenvalue weighted by atomic mass is 32.2. The number of likely N-dealkylation sites (tertiary alicyclic amines) is 1. The van der Waals surface area contributed by atoms with Crippen molar-refractivity contribution in [1.82, 2.24) is 19.9 Å². The Labute approximate surface area is 303 Å². The molecular weight excluding hydrogens is 736 g/mol. The Morgan fingerprint density at radius 2 is 1.58 bits per heavy atom. The van der Waals surface area contributed by atoms with Crippen molar-refractivity contribution < 1.29 is 30.0 Å². The zero-order valence-corrected chi connectivity index (χ0v) is 30.4. The van der Waals surface area contributed by atoms with Crippen LogP contribution in [0.5, 0.6) is 0 Å². The van der Waals surface area contributed by atoms with E-state index in [1.54, 1.807) is 12.3 Å². The maximum atomic E-state index is 16.5. The molecule has 9 rings (SSSR count). The summed E-state index contributed by atoms with van der Waals surface area (Å²) in [6.45, 7) is 1.85. The van der Waals surface area contributed by atoms with Gasteiger partial charge in [0.05, 0.1) is 33.5 Å². The summed E-state index contributed by atoms with van der Waals surface area (Å²) >= 11 is 1.39. The molecule has 2 atom stereocenters. The quantitative estimate of drug-likeness (QED) is 0.219. The summed E-state index contributed by atoms with van der Waals surface area (Å²) in [6.07, 6.45) is 8.74. The number of fused-ring (bicyclic) bond motifs is 2. The maximum absolute atomic E-state index is 16.5. The Balaban J connectivity index is 1.06. The van der Waals surface area contributed by atoms with E-state index in [9.17, 15) is 25.6 Å². The van der Waals surface area contributed by atoms with Crippen LogP contribution in [0.1, 0.15) is 44.9 Å². The van der Waals surface area contributed by atoms with Gasteiger partial charge in [0.25, 0.3) is 10.0 Å². The van der Waals surface area contributed by atoms with Gasteiger partial charge in [-0.2, -0.15) is 0 Å². The fraction of sp³-hybridized carbons (Fsp3) is 0.457. The second-order valence-corrected chi connectivity index (χ2v) is 19.5. The first kappa shape index (κ1) is 34.0. The van der Waals surface area contributed by atoms with Crippen LogP contribution in [0.15, 0.2) is 53.6 Å². The monoisotopic (exact) mass is 771 g/mol. The summed E-state index contributed by atoms with van der Waals surface area (Å²) in [6, 6.07) is 9.65. The van der Waals surface area contributed by atoms with Crippen LogP contribution in [-0.2, 0) is 19.9 Å². The fourth-order valence-electron chi connectivity index (χ4n) is 8.75. The van der Waals surface area contributed by atoms with Crippen LogP contribution in [0.2, 0.25) is 0 Å². The number of aromatic nitrogens is 3. The van der Waals surface area contributed by atoms with Crippen LogP contribution < -0.4 is 14.9 Å². The molecule has 5 fully saturated rings. The van der Waals surface area contributed by atoms with E-state index in [1.165, 1.54) is 48.8 Å². The summed E-state index contributed by atoms with van der Waals surface area (Å²) in [5.41, 5.74) is 0.0705. The van der Waals surface area contributed by atoms with E-state index < -0.39 is 47.9 Å². The van der Waals surface area contributed by atoms with Crippen molar-refractivity contribution in [1.29, 1.82) is 0 Å². The van der Waals surface area contributed by atoms with Crippen LogP contribution in [-0.4, -0.2) is 85.5 Å². The molecule has 274 valence electrons. The predicted molar refractivity (Wildman–Crippen MR) is 192 cm³/mol. The van der Waals surface area contributed by atoms with Crippen LogP contribution >= 0.6 is 11.3 Å². The van der Waals surface area contributed by atoms with Crippen LogP contribution in [0.4, 0.5) is 29.9 Å². The lowest BCUT2D eigenvalue weighted by Crippen LogP contribution is -2.60. The molecule has 0 radical (unpaired) electrons. The Morgan fingerprint density at radius 1 is 0.885 bits per heavy atom. The second-order valence-electron chi connectivity index (χ2n) is 14.9. The molecule has 0 amide bonds. The van der Waals surface area contributed by atoms with Gasteiger partial charge >= 0.3 is 0 Å². The third kappa shape index (κ3) is 5.93. The van der Waals surface area contributed by atoms with E-state index >= 15 is 4.39 Å². The number of sulfone groups is 1. The Morgan fingerprint density at radius 3 is 2.23 bits per heavy atom. The highest BCUT2D eigenvalue weighted by Gasteiger charge is 2.56. The van der Waals surface area contributed by atoms with E-state index in [4.69, 9.17) is 9.97 Å². The summed E-state index contributed by atoms with van der Waals surface area (Å²) in [5, 5.41) is 4.04. The van der Waals surface area contributed by atoms with E-state index in [0.29, 0.717) is 40.5 Å². The van der Waals surface area contributed by atoms with Crippen LogP contribution in [0.3, 0.4) is 0 Å². The molecule has 2 aromatic heterocycles. The minimum atomic E-state index is -4.85. The molecule has 2 unspecified atom stereocenters. The number of anilines is 3. The number of hydrogen-bond acceptors (Lipinski definition) is 11. The number of thiazole rings is 1. The first-order chi connectivity index (χ1) is 24.9. The lowest BCUT2D eigenvalue weighted by molar-refractivity contribution is 0.101. The lowest BCUT2D eigenvalue weighted by atomic mass is 9.67. The molecule has 5 aliphatic rings. The molecule has 17 heteroatoms. The minimum absolute atomic E-state index is 0.00703. The minimum Gasteiger partial charge on any atom is -0.351 e. The number of benzene rings is 2. The SMILES string of the molecule is O=S1(=O)CC2(CC(Nc3nccc(-c4sc(N5C6CCC5CN(C5CCC5)C6)nc4-c4cccc(NS(=O)(=O)c5c(F)cccc5F)c4F)n3)C2)C1. The average molecular weight is 772 g/mol. The third-order valence-corrected chi connectivity index (χ3v) is 15.9. The topological polar surface area (TPSA) is 137 Å². The molecule has 4 aromatic rings. The number of rotatable bonds is 9. The van der Waals surface area contributed by atoms with Gasteiger partial charge in [-0.25, -0.2) is 45.0 Å². The summed E-state index contributed by atoms with van der Waals surface area (Å²) in [4.78, 5) is 18.5. The Hall–Kier alpha value is -3.80. The van der Waals surface area contributed by atoms with E-state index in [1.807, 2.05) is 4.72 Å². The van der Waals surface area contributed by atoms with Crippen molar-refractivity contribution in [2.75, 3.05) is 39.5 Å². The predicted octanol–water partition coefficient (Wildman–Crippen LogP) is 5.68. The molecule has 11 nitrogen and oxygen atoms in total. The molecule has 2 aromatic carbocycles. The number of nitrogens with zero attached hydrogens (tertiary/aromatic N) is 5. The van der Waals surface area contributed by atoms with Gasteiger partial charge in [-0.05, 0) is 68.9 Å². The fourth-order valence-corrected chi connectivity index (χ4v) is 13.4. The normalized spacial score (nSPS) is 23.9. The standard InChI is InChI=1S/C35H36F3N7O4S3/c36-25-7-3-8-26(37)32(25)52(48,49)43-27-9-2-6-24(29(27)38)30-31(28-12-13-39-33(41-28)40-20-14-35(15-20)18-51(46,47)19-35)50-34(42-30)45-22-10-11-23(45)17-44(16-22)21-4-1-5-21/h2-3,6-9,12-13,20-23,43H,1,4-5,10-11,14-19H2,(H,39,40,41). The highest BCUT2D eigenvalue weighted by molar-refractivity contribution is 7.93. The molecule has 2 aliphatic carbocycles. The molecule has 2 N–H and O–H groups in total. The molecule has 2 bridgehead atoms.